The van der Waals surface area contributed by atoms with Crippen LogP contribution in [0.15, 0.2) is 146 Å². The number of aromatic nitrogens is 1. The molecule has 0 radical (unpaired) electrons. The van der Waals surface area contributed by atoms with Crippen molar-refractivity contribution in [3.63, 3.8) is 0 Å². The van der Waals surface area contributed by atoms with Crippen LogP contribution in [0, 0.1) is 0 Å². The summed E-state index contributed by atoms with van der Waals surface area (Å²) in [6.45, 7) is 0. The number of nitrogens with zero attached hydrogens (tertiary/aromatic N) is 2. The van der Waals surface area contributed by atoms with Gasteiger partial charge in [0.2, 0.25) is 0 Å². The van der Waals surface area contributed by atoms with Gasteiger partial charge in [-0.1, -0.05) is 103 Å². The predicted molar refractivity (Wildman–Crippen MR) is 195 cm³/mol. The summed E-state index contributed by atoms with van der Waals surface area (Å²) in [7, 11) is 0. The van der Waals surface area contributed by atoms with E-state index >= 15 is 0 Å². The van der Waals surface area contributed by atoms with Crippen molar-refractivity contribution >= 4 is 65.9 Å². The number of benzene rings is 7. The minimum absolute atomic E-state index is 1.09. The lowest BCUT2D eigenvalue weighted by atomic mass is 9.85. The Kier molecular flexibility index (Phi) is 5.56. The topological polar surface area (TPSA) is 7.65 Å². The quantitative estimate of drug-likeness (QED) is 0.198. The van der Waals surface area contributed by atoms with Crippen LogP contribution in [0.5, 0.6) is 0 Å². The van der Waals surface area contributed by atoms with E-state index in [2.05, 4.69) is 155 Å². The molecule has 0 amide bonds. The lowest BCUT2D eigenvalue weighted by Gasteiger charge is -2.33. The SMILES string of the molecule is c1ccc(N(c2cc3c4ccccc4n4c5ccccc5c(c2)c34)c2c(-c3ccc4ccccc4c3)ccc3c2CCCC3)cc1. The lowest BCUT2D eigenvalue weighted by molar-refractivity contribution is 0.686. The third kappa shape index (κ3) is 3.71. The zero-order valence-electron chi connectivity index (χ0n) is 25.6. The second-order valence-electron chi connectivity index (χ2n) is 12.8. The van der Waals surface area contributed by atoms with Gasteiger partial charge in [-0.25, -0.2) is 0 Å². The molecule has 0 spiro atoms. The Labute approximate surface area is 268 Å². The van der Waals surface area contributed by atoms with Crippen LogP contribution in [0.25, 0.3) is 60.0 Å². The molecule has 0 aliphatic heterocycles. The van der Waals surface area contributed by atoms with Gasteiger partial charge in [0.05, 0.1) is 22.2 Å². The standard InChI is InChI=1S/C44H32N2/c1-2-15-33(16-3-1)45(34-27-39-37-18-8-10-20-41(37)46-42-21-11-9-19-38(42)40(28-34)44(39)46)43-35-17-7-6-13-30(35)24-25-36(43)32-23-22-29-12-4-5-14-31(29)26-32/h1-5,8-12,14-16,18-28H,6-7,13,17H2. The zero-order valence-corrected chi connectivity index (χ0v) is 25.6. The molecule has 0 N–H and O–H groups in total. The van der Waals surface area contributed by atoms with Crippen molar-refractivity contribution in [2.45, 2.75) is 25.7 Å². The highest BCUT2D eigenvalue weighted by Crippen LogP contribution is 2.49. The van der Waals surface area contributed by atoms with E-state index in [-0.39, 0.29) is 0 Å². The van der Waals surface area contributed by atoms with Gasteiger partial charge in [-0.05, 0) is 95.6 Å². The molecule has 2 heterocycles. The molecular formula is C44H32N2. The van der Waals surface area contributed by atoms with Crippen molar-refractivity contribution < 1.29 is 0 Å². The maximum Gasteiger partial charge on any atom is 0.0622 e. The second kappa shape index (κ2) is 9.95. The van der Waals surface area contributed by atoms with E-state index in [4.69, 9.17) is 0 Å². The van der Waals surface area contributed by atoms with Crippen molar-refractivity contribution in [3.8, 4) is 11.1 Å². The van der Waals surface area contributed by atoms with Gasteiger partial charge in [0.25, 0.3) is 0 Å². The maximum atomic E-state index is 2.57. The number of hydrogen-bond donors (Lipinski definition) is 0. The number of para-hydroxylation sites is 3. The van der Waals surface area contributed by atoms with Crippen LogP contribution in [-0.4, -0.2) is 4.40 Å². The summed E-state index contributed by atoms with van der Waals surface area (Å²) in [6, 6.07) is 54.1. The van der Waals surface area contributed by atoms with Crippen LogP contribution >= 0.6 is 0 Å². The first kappa shape index (κ1) is 25.7. The van der Waals surface area contributed by atoms with E-state index < -0.39 is 0 Å². The van der Waals surface area contributed by atoms with Crippen molar-refractivity contribution in [2.75, 3.05) is 4.90 Å². The summed E-state index contributed by atoms with van der Waals surface area (Å²) in [5.74, 6) is 0. The molecule has 1 aliphatic rings. The number of hydrogen-bond acceptors (Lipinski definition) is 1. The highest BCUT2D eigenvalue weighted by Gasteiger charge is 2.26. The second-order valence-corrected chi connectivity index (χ2v) is 12.8. The van der Waals surface area contributed by atoms with E-state index in [1.807, 2.05) is 0 Å². The van der Waals surface area contributed by atoms with E-state index in [0.29, 0.717) is 0 Å². The van der Waals surface area contributed by atoms with Crippen LogP contribution in [0.4, 0.5) is 17.1 Å². The van der Waals surface area contributed by atoms with Crippen LogP contribution in [-0.2, 0) is 12.8 Å². The highest BCUT2D eigenvalue weighted by atomic mass is 15.1. The number of aryl methyl sites for hydroxylation is 1. The van der Waals surface area contributed by atoms with E-state index in [1.54, 1.807) is 0 Å². The van der Waals surface area contributed by atoms with Gasteiger partial charge in [-0.3, -0.25) is 0 Å². The van der Waals surface area contributed by atoms with E-state index in [0.717, 1.165) is 12.8 Å². The molecule has 10 rings (SSSR count). The van der Waals surface area contributed by atoms with E-state index in [9.17, 15) is 0 Å². The molecular weight excluding hydrogens is 556 g/mol. The third-order valence-corrected chi connectivity index (χ3v) is 10.2. The predicted octanol–water partition coefficient (Wildman–Crippen LogP) is 12.0. The average Bonchev–Trinajstić information content (AvgIpc) is 3.64. The summed E-state index contributed by atoms with van der Waals surface area (Å²) in [5.41, 5.74) is 13.1. The number of rotatable bonds is 4. The third-order valence-electron chi connectivity index (χ3n) is 10.2. The van der Waals surface area contributed by atoms with Crippen molar-refractivity contribution in [2.24, 2.45) is 0 Å². The largest absolute Gasteiger partial charge is 0.310 e. The van der Waals surface area contributed by atoms with Gasteiger partial charge in [-0.2, -0.15) is 0 Å². The Balaban J connectivity index is 1.33. The molecule has 0 unspecified atom stereocenters. The summed E-state index contributed by atoms with van der Waals surface area (Å²) < 4.78 is 2.47. The van der Waals surface area contributed by atoms with Crippen molar-refractivity contribution in [1.82, 2.24) is 4.40 Å². The summed E-state index contributed by atoms with van der Waals surface area (Å²) in [5, 5.41) is 7.75. The normalized spacial score (nSPS) is 13.3. The molecule has 218 valence electrons. The molecule has 2 nitrogen and oxygen atoms in total. The van der Waals surface area contributed by atoms with Gasteiger partial charge >= 0.3 is 0 Å². The Hall–Kier alpha value is -5.60. The number of fused-ring (bicyclic) bond motifs is 8. The van der Waals surface area contributed by atoms with Crippen molar-refractivity contribution in [3.05, 3.63) is 157 Å². The van der Waals surface area contributed by atoms with Gasteiger partial charge in [0.15, 0.2) is 0 Å². The average molecular weight is 589 g/mol. The first-order valence-corrected chi connectivity index (χ1v) is 16.5. The van der Waals surface area contributed by atoms with Gasteiger partial charge < -0.3 is 9.30 Å². The van der Waals surface area contributed by atoms with Gasteiger partial charge in [-0.15, -0.1) is 0 Å². The molecule has 0 saturated heterocycles. The fourth-order valence-corrected chi connectivity index (χ4v) is 8.20. The molecule has 2 heteroatoms. The minimum Gasteiger partial charge on any atom is -0.310 e. The molecule has 0 saturated carbocycles. The smallest absolute Gasteiger partial charge is 0.0622 e. The molecule has 2 aromatic heterocycles. The Morgan fingerprint density at radius 2 is 1.13 bits per heavy atom. The summed E-state index contributed by atoms with van der Waals surface area (Å²) in [6.07, 6.45) is 4.69. The minimum atomic E-state index is 1.09. The zero-order chi connectivity index (χ0) is 30.2. The molecule has 0 atom stereocenters. The Bertz CT molecular complexity index is 2510. The monoisotopic (exact) mass is 588 g/mol. The maximum absolute atomic E-state index is 2.57. The Morgan fingerprint density at radius 3 is 1.89 bits per heavy atom. The summed E-state index contributed by atoms with van der Waals surface area (Å²) in [4.78, 5) is 2.57. The first-order chi connectivity index (χ1) is 22.8. The van der Waals surface area contributed by atoms with Gasteiger partial charge in [0, 0.05) is 38.5 Å². The fraction of sp³-hybridized carbons (Fsp3) is 0.0909. The molecule has 46 heavy (non-hydrogen) atoms. The first-order valence-electron chi connectivity index (χ1n) is 16.5. The van der Waals surface area contributed by atoms with E-state index in [1.165, 1.54) is 101 Å². The van der Waals surface area contributed by atoms with Gasteiger partial charge in [0.1, 0.15) is 0 Å². The van der Waals surface area contributed by atoms with Crippen LogP contribution in [0.2, 0.25) is 0 Å². The highest BCUT2D eigenvalue weighted by molar-refractivity contribution is 6.24. The lowest BCUT2D eigenvalue weighted by Crippen LogP contribution is -2.16. The van der Waals surface area contributed by atoms with Crippen LogP contribution in [0.3, 0.4) is 0 Å². The summed E-state index contributed by atoms with van der Waals surface area (Å²) >= 11 is 0. The molecule has 9 aromatic rings. The molecule has 7 aromatic carbocycles. The molecule has 0 bridgehead atoms. The number of anilines is 3. The Morgan fingerprint density at radius 1 is 0.478 bits per heavy atom. The molecule has 0 fully saturated rings. The fourth-order valence-electron chi connectivity index (χ4n) is 8.20. The van der Waals surface area contributed by atoms with Crippen molar-refractivity contribution in [1.29, 1.82) is 0 Å². The van der Waals surface area contributed by atoms with Crippen LogP contribution < -0.4 is 4.90 Å². The van der Waals surface area contributed by atoms with Crippen LogP contribution in [0.1, 0.15) is 24.0 Å². The molecule has 1 aliphatic carbocycles.